The maximum Gasteiger partial charge on any atom is 0.151 e. The number of fused-ring (bicyclic) bond motifs is 1. The van der Waals surface area contributed by atoms with Crippen LogP contribution in [0.25, 0.3) is 10.2 Å². The minimum absolute atomic E-state index is 0.189. The van der Waals surface area contributed by atoms with Gasteiger partial charge >= 0.3 is 0 Å². The molecule has 19 heavy (non-hydrogen) atoms. The molecule has 96 valence electrons. The van der Waals surface area contributed by atoms with Gasteiger partial charge in [-0.05, 0) is 29.8 Å². The Labute approximate surface area is 118 Å². The van der Waals surface area contributed by atoms with E-state index in [1.807, 2.05) is 24.3 Å². The average molecular weight is 290 g/mol. The highest BCUT2D eigenvalue weighted by Gasteiger charge is 2.05. The van der Waals surface area contributed by atoms with E-state index in [4.69, 9.17) is 5.73 Å². The van der Waals surface area contributed by atoms with Crippen LogP contribution in [0, 0.1) is 5.82 Å². The Kier molecular flexibility index (Phi) is 3.40. The molecule has 0 saturated carbocycles. The van der Waals surface area contributed by atoms with Crippen LogP contribution in [-0.4, -0.2) is 4.98 Å². The van der Waals surface area contributed by atoms with Gasteiger partial charge in [0.15, 0.2) is 4.34 Å². The highest BCUT2D eigenvalue weighted by Crippen LogP contribution is 2.31. The lowest BCUT2D eigenvalue weighted by Gasteiger charge is -2.01. The summed E-state index contributed by atoms with van der Waals surface area (Å²) in [6.45, 7) is 0. The van der Waals surface area contributed by atoms with E-state index in [2.05, 4.69) is 11.1 Å². The molecule has 0 spiro atoms. The second-order valence-corrected chi connectivity index (χ2v) is 6.35. The molecule has 0 bridgehead atoms. The van der Waals surface area contributed by atoms with E-state index in [1.165, 1.54) is 10.8 Å². The van der Waals surface area contributed by atoms with Crippen LogP contribution in [0.4, 0.5) is 10.1 Å². The number of nitrogen functional groups attached to an aromatic ring is 1. The van der Waals surface area contributed by atoms with Crippen LogP contribution in [0.5, 0.6) is 0 Å². The predicted octanol–water partition coefficient (Wildman–Crippen LogP) is 4.31. The molecule has 2 N–H and O–H groups in total. The van der Waals surface area contributed by atoms with Crippen molar-refractivity contribution in [3.8, 4) is 0 Å². The van der Waals surface area contributed by atoms with Gasteiger partial charge in [-0.25, -0.2) is 9.37 Å². The summed E-state index contributed by atoms with van der Waals surface area (Å²) < 4.78 is 15.5. The zero-order chi connectivity index (χ0) is 13.2. The van der Waals surface area contributed by atoms with Gasteiger partial charge in [0.25, 0.3) is 0 Å². The zero-order valence-corrected chi connectivity index (χ0v) is 11.6. The van der Waals surface area contributed by atoms with E-state index in [9.17, 15) is 4.39 Å². The summed E-state index contributed by atoms with van der Waals surface area (Å²) in [6, 6.07) is 13.0. The van der Waals surface area contributed by atoms with Crippen molar-refractivity contribution in [3.05, 3.63) is 53.8 Å². The molecule has 0 fully saturated rings. The molecule has 0 aliphatic heterocycles. The topological polar surface area (TPSA) is 38.9 Å². The zero-order valence-electron chi connectivity index (χ0n) is 9.97. The first kappa shape index (κ1) is 12.4. The number of rotatable bonds is 3. The van der Waals surface area contributed by atoms with Gasteiger partial charge in [0.2, 0.25) is 0 Å². The molecule has 0 radical (unpaired) electrons. The van der Waals surface area contributed by atoms with Crippen molar-refractivity contribution in [1.82, 2.24) is 4.98 Å². The summed E-state index contributed by atoms with van der Waals surface area (Å²) >= 11 is 3.27. The number of para-hydroxylation sites is 1. The molecular weight excluding hydrogens is 279 g/mol. The molecule has 2 aromatic carbocycles. The smallest absolute Gasteiger partial charge is 0.151 e. The Morgan fingerprint density at radius 3 is 2.84 bits per heavy atom. The van der Waals surface area contributed by atoms with E-state index in [0.717, 1.165) is 15.4 Å². The quantitative estimate of drug-likeness (QED) is 0.577. The summed E-state index contributed by atoms with van der Waals surface area (Å²) in [7, 11) is 0. The van der Waals surface area contributed by atoms with E-state index >= 15 is 0 Å². The number of anilines is 1. The number of nitrogens with two attached hydrogens (primary N) is 1. The number of thiazole rings is 1. The lowest BCUT2D eigenvalue weighted by Crippen LogP contribution is -1.91. The number of thioether (sulfide) groups is 1. The summed E-state index contributed by atoms with van der Waals surface area (Å²) in [6.07, 6.45) is 0. The highest BCUT2D eigenvalue weighted by atomic mass is 32.2. The van der Waals surface area contributed by atoms with Crippen LogP contribution in [-0.2, 0) is 5.75 Å². The fraction of sp³-hybridized carbons (Fsp3) is 0.0714. The van der Waals surface area contributed by atoms with Crippen LogP contribution < -0.4 is 5.73 Å². The third-order valence-electron chi connectivity index (χ3n) is 2.70. The van der Waals surface area contributed by atoms with E-state index < -0.39 is 0 Å². The third kappa shape index (κ3) is 2.72. The Hall–Kier alpha value is -1.59. The van der Waals surface area contributed by atoms with Crippen molar-refractivity contribution in [2.24, 2.45) is 0 Å². The number of halogens is 1. The largest absolute Gasteiger partial charge is 0.396 e. The molecule has 0 saturated heterocycles. The van der Waals surface area contributed by atoms with Gasteiger partial charge in [-0.15, -0.1) is 11.3 Å². The van der Waals surface area contributed by atoms with Gasteiger partial charge in [0.05, 0.1) is 15.9 Å². The van der Waals surface area contributed by atoms with E-state index in [0.29, 0.717) is 5.75 Å². The van der Waals surface area contributed by atoms with Gasteiger partial charge in [0.1, 0.15) is 5.82 Å². The molecule has 3 aromatic rings. The molecule has 0 unspecified atom stereocenters. The van der Waals surface area contributed by atoms with Crippen molar-refractivity contribution >= 4 is 39.0 Å². The number of nitrogens with zero attached hydrogens (tertiary/aromatic N) is 1. The molecule has 2 nitrogen and oxygen atoms in total. The van der Waals surface area contributed by atoms with Crippen molar-refractivity contribution in [1.29, 1.82) is 0 Å². The van der Waals surface area contributed by atoms with Gasteiger partial charge in [-0.3, -0.25) is 0 Å². The van der Waals surface area contributed by atoms with E-state index in [-0.39, 0.29) is 11.5 Å². The number of hydrogen-bond acceptors (Lipinski definition) is 4. The van der Waals surface area contributed by atoms with Crippen molar-refractivity contribution in [2.45, 2.75) is 10.1 Å². The molecule has 5 heteroatoms. The Balaban J connectivity index is 1.76. The minimum atomic E-state index is -0.359. The fourth-order valence-electron chi connectivity index (χ4n) is 1.72. The van der Waals surface area contributed by atoms with Crippen LogP contribution in [0.2, 0.25) is 0 Å². The summed E-state index contributed by atoms with van der Waals surface area (Å²) in [5.41, 5.74) is 7.57. The molecule has 0 aliphatic rings. The lowest BCUT2D eigenvalue weighted by molar-refractivity contribution is 0.631. The Morgan fingerprint density at radius 2 is 2.05 bits per heavy atom. The van der Waals surface area contributed by atoms with Crippen LogP contribution >= 0.6 is 23.1 Å². The molecule has 0 atom stereocenters. The summed E-state index contributed by atoms with van der Waals surface area (Å²) in [5.74, 6) is 0.333. The Bertz CT molecular complexity index is 691. The minimum Gasteiger partial charge on any atom is -0.396 e. The maximum absolute atomic E-state index is 13.3. The second-order valence-electron chi connectivity index (χ2n) is 4.09. The number of hydrogen-bond donors (Lipinski definition) is 1. The Morgan fingerprint density at radius 1 is 1.21 bits per heavy atom. The average Bonchev–Trinajstić information content (AvgIpc) is 2.83. The van der Waals surface area contributed by atoms with Gasteiger partial charge < -0.3 is 5.73 Å². The second kappa shape index (κ2) is 5.19. The normalized spacial score (nSPS) is 11.0. The van der Waals surface area contributed by atoms with Crippen molar-refractivity contribution < 1.29 is 4.39 Å². The number of benzene rings is 2. The SMILES string of the molecule is Nc1ccc(CSc2nc3ccccc3s2)cc1F. The lowest BCUT2D eigenvalue weighted by atomic mass is 10.2. The van der Waals surface area contributed by atoms with Crippen LogP contribution in [0.1, 0.15) is 5.56 Å². The predicted molar refractivity (Wildman–Crippen MR) is 80.0 cm³/mol. The standard InChI is InChI=1S/C14H11FN2S2/c15-10-7-9(5-6-11(10)16)8-18-14-17-12-3-1-2-4-13(12)19-14/h1-7H,8,16H2. The molecular formula is C14H11FN2S2. The molecule has 3 rings (SSSR count). The molecule has 1 heterocycles. The van der Waals surface area contributed by atoms with Crippen LogP contribution in [0.3, 0.4) is 0 Å². The van der Waals surface area contributed by atoms with Crippen molar-refractivity contribution in [2.75, 3.05) is 5.73 Å². The van der Waals surface area contributed by atoms with Gasteiger partial charge in [0, 0.05) is 5.75 Å². The van der Waals surface area contributed by atoms with Gasteiger partial charge in [-0.2, -0.15) is 0 Å². The van der Waals surface area contributed by atoms with E-state index in [1.54, 1.807) is 29.2 Å². The molecule has 1 aromatic heterocycles. The molecule has 0 aliphatic carbocycles. The summed E-state index contributed by atoms with van der Waals surface area (Å²) in [4.78, 5) is 4.53. The highest BCUT2D eigenvalue weighted by molar-refractivity contribution is 8.00. The first-order valence-electron chi connectivity index (χ1n) is 5.74. The first-order chi connectivity index (χ1) is 9.22. The molecule has 0 amide bonds. The van der Waals surface area contributed by atoms with Crippen molar-refractivity contribution in [3.63, 3.8) is 0 Å². The first-order valence-corrected chi connectivity index (χ1v) is 7.55. The van der Waals surface area contributed by atoms with Gasteiger partial charge in [-0.1, -0.05) is 30.0 Å². The number of aromatic nitrogens is 1. The summed E-state index contributed by atoms with van der Waals surface area (Å²) in [5, 5.41) is 0. The van der Waals surface area contributed by atoms with Crippen LogP contribution in [0.15, 0.2) is 46.8 Å². The fourth-order valence-corrected chi connectivity index (χ4v) is 3.73. The maximum atomic E-state index is 13.3. The monoisotopic (exact) mass is 290 g/mol. The third-order valence-corrected chi connectivity index (χ3v) is 4.95.